The highest BCUT2D eigenvalue weighted by Crippen LogP contribution is 2.24. The van der Waals surface area contributed by atoms with E-state index in [0.29, 0.717) is 12.8 Å². The Balaban J connectivity index is 4.50. The van der Waals surface area contributed by atoms with Crippen LogP contribution in [-0.2, 0) is 9.59 Å². The molecule has 0 rings (SSSR count). The predicted octanol–water partition coefficient (Wildman–Crippen LogP) is 2.51. The van der Waals surface area contributed by atoms with Crippen LogP contribution in [0.1, 0.15) is 33.1 Å². The molecule has 0 bridgehead atoms. The maximum absolute atomic E-state index is 12.0. The summed E-state index contributed by atoms with van der Waals surface area (Å²) in [5.41, 5.74) is 0. The minimum atomic E-state index is -4.90. The first-order valence-corrected chi connectivity index (χ1v) is 4.42. The summed E-state index contributed by atoms with van der Waals surface area (Å²) in [6, 6.07) is 0. The number of rotatable bonds is 5. The van der Waals surface area contributed by atoms with Crippen molar-refractivity contribution in [2.45, 2.75) is 39.3 Å². The van der Waals surface area contributed by atoms with Gasteiger partial charge < -0.3 is 0 Å². The van der Waals surface area contributed by atoms with Crippen molar-refractivity contribution in [2.75, 3.05) is 0 Å². The Morgan fingerprint density at radius 2 is 1.79 bits per heavy atom. The summed E-state index contributed by atoms with van der Waals surface area (Å²) < 4.78 is 36.0. The van der Waals surface area contributed by atoms with E-state index in [0.717, 1.165) is 6.92 Å². The van der Waals surface area contributed by atoms with Gasteiger partial charge in [0.15, 0.2) is 0 Å². The molecular formula is C9H13F3O2. The number of hydrogen-bond acceptors (Lipinski definition) is 2. The van der Waals surface area contributed by atoms with E-state index in [1.807, 2.05) is 0 Å². The summed E-state index contributed by atoms with van der Waals surface area (Å²) in [5.74, 6) is -4.13. The monoisotopic (exact) mass is 210 g/mol. The standard InChI is InChI=1S/C9H13F3O2/c1-3-4-5-7(6(2)13)8(14)9(10,11)12/h7H,3-5H2,1-2H3. The van der Waals surface area contributed by atoms with Crippen molar-refractivity contribution in [2.24, 2.45) is 5.92 Å². The fourth-order valence-electron chi connectivity index (χ4n) is 1.12. The topological polar surface area (TPSA) is 34.1 Å². The van der Waals surface area contributed by atoms with Crippen molar-refractivity contribution in [3.8, 4) is 0 Å². The maximum atomic E-state index is 12.0. The second kappa shape index (κ2) is 5.12. The molecule has 0 saturated heterocycles. The van der Waals surface area contributed by atoms with Gasteiger partial charge in [-0.1, -0.05) is 19.8 Å². The van der Waals surface area contributed by atoms with Crippen LogP contribution in [0.2, 0.25) is 0 Å². The first-order valence-electron chi connectivity index (χ1n) is 4.42. The number of ketones is 2. The molecule has 0 aliphatic carbocycles. The van der Waals surface area contributed by atoms with Crippen molar-refractivity contribution in [1.29, 1.82) is 0 Å². The van der Waals surface area contributed by atoms with Crippen molar-refractivity contribution >= 4 is 11.6 Å². The number of hydrogen-bond donors (Lipinski definition) is 0. The SMILES string of the molecule is CCCCC(C(C)=O)C(=O)C(F)(F)F. The van der Waals surface area contributed by atoms with Gasteiger partial charge in [-0.05, 0) is 13.3 Å². The average molecular weight is 210 g/mol. The Morgan fingerprint density at radius 3 is 2.07 bits per heavy atom. The smallest absolute Gasteiger partial charge is 0.299 e. The molecule has 0 aliphatic heterocycles. The average Bonchev–Trinajstić information content (AvgIpc) is 2.02. The predicted molar refractivity (Wildman–Crippen MR) is 44.8 cm³/mol. The fraction of sp³-hybridized carbons (Fsp3) is 0.778. The lowest BCUT2D eigenvalue weighted by Crippen LogP contribution is -2.34. The third kappa shape index (κ3) is 3.89. The summed E-state index contributed by atoms with van der Waals surface area (Å²) >= 11 is 0. The third-order valence-corrected chi connectivity index (χ3v) is 1.93. The molecule has 0 aromatic heterocycles. The van der Waals surface area contributed by atoms with Gasteiger partial charge >= 0.3 is 6.18 Å². The van der Waals surface area contributed by atoms with Gasteiger partial charge in [0, 0.05) is 0 Å². The van der Waals surface area contributed by atoms with E-state index in [9.17, 15) is 22.8 Å². The second-order valence-electron chi connectivity index (χ2n) is 3.17. The molecule has 0 heterocycles. The minimum Gasteiger partial charge on any atom is -0.299 e. The Hall–Kier alpha value is -0.870. The quantitative estimate of drug-likeness (QED) is 0.653. The Bertz CT molecular complexity index is 221. The highest BCUT2D eigenvalue weighted by molar-refractivity contribution is 6.03. The van der Waals surface area contributed by atoms with E-state index < -0.39 is 23.7 Å². The minimum absolute atomic E-state index is 0.00975. The zero-order valence-electron chi connectivity index (χ0n) is 8.15. The van der Waals surface area contributed by atoms with Crippen LogP contribution >= 0.6 is 0 Å². The fourth-order valence-corrected chi connectivity index (χ4v) is 1.12. The second-order valence-corrected chi connectivity index (χ2v) is 3.17. The summed E-state index contributed by atoms with van der Waals surface area (Å²) in [6.45, 7) is 2.80. The zero-order chi connectivity index (χ0) is 11.4. The van der Waals surface area contributed by atoms with Crippen molar-refractivity contribution in [3.63, 3.8) is 0 Å². The molecule has 14 heavy (non-hydrogen) atoms. The largest absolute Gasteiger partial charge is 0.450 e. The van der Waals surface area contributed by atoms with Gasteiger partial charge in [-0.25, -0.2) is 0 Å². The summed E-state index contributed by atoms with van der Waals surface area (Å²) in [6.07, 6.45) is -3.80. The molecule has 0 fully saturated rings. The molecule has 0 radical (unpaired) electrons. The highest BCUT2D eigenvalue weighted by Gasteiger charge is 2.44. The Kier molecular flexibility index (Phi) is 4.80. The number of Topliss-reactive ketones (excluding diaryl/α,β-unsaturated/α-hetero) is 2. The van der Waals surface area contributed by atoms with Crippen LogP contribution in [0.5, 0.6) is 0 Å². The first kappa shape index (κ1) is 13.1. The normalized spacial score (nSPS) is 13.8. The number of carbonyl (C=O) groups is 2. The van der Waals surface area contributed by atoms with Crippen LogP contribution in [0, 0.1) is 5.92 Å². The molecule has 1 unspecified atom stereocenters. The number of carbonyl (C=O) groups excluding carboxylic acids is 2. The van der Waals surface area contributed by atoms with Gasteiger partial charge in [0.2, 0.25) is 5.78 Å². The van der Waals surface area contributed by atoms with E-state index in [1.54, 1.807) is 6.92 Å². The molecule has 5 heteroatoms. The summed E-state index contributed by atoms with van der Waals surface area (Å²) in [7, 11) is 0. The molecule has 0 amide bonds. The Labute approximate surface area is 80.5 Å². The molecule has 0 N–H and O–H groups in total. The van der Waals surface area contributed by atoms with Gasteiger partial charge in [0.1, 0.15) is 5.78 Å². The Morgan fingerprint density at radius 1 is 1.29 bits per heavy atom. The molecule has 0 aromatic carbocycles. The molecule has 0 spiro atoms. The van der Waals surface area contributed by atoms with Crippen molar-refractivity contribution in [1.82, 2.24) is 0 Å². The molecule has 2 nitrogen and oxygen atoms in total. The number of alkyl halides is 3. The molecular weight excluding hydrogens is 197 g/mol. The van der Waals surface area contributed by atoms with Crippen LogP contribution in [-0.4, -0.2) is 17.7 Å². The molecule has 0 aromatic rings. The molecule has 82 valence electrons. The van der Waals surface area contributed by atoms with Crippen molar-refractivity contribution < 1.29 is 22.8 Å². The van der Waals surface area contributed by atoms with E-state index in [2.05, 4.69) is 0 Å². The van der Waals surface area contributed by atoms with Gasteiger partial charge in [-0.2, -0.15) is 13.2 Å². The third-order valence-electron chi connectivity index (χ3n) is 1.93. The highest BCUT2D eigenvalue weighted by atomic mass is 19.4. The lowest BCUT2D eigenvalue weighted by atomic mass is 9.93. The summed E-state index contributed by atoms with van der Waals surface area (Å²) in [5, 5.41) is 0. The van der Waals surface area contributed by atoms with Crippen LogP contribution < -0.4 is 0 Å². The van der Waals surface area contributed by atoms with Crippen LogP contribution in [0.3, 0.4) is 0 Å². The van der Waals surface area contributed by atoms with Crippen LogP contribution in [0.25, 0.3) is 0 Å². The zero-order valence-corrected chi connectivity index (χ0v) is 8.15. The van der Waals surface area contributed by atoms with E-state index >= 15 is 0 Å². The van der Waals surface area contributed by atoms with Gasteiger partial charge in [0.05, 0.1) is 5.92 Å². The molecule has 0 saturated carbocycles. The van der Waals surface area contributed by atoms with Crippen LogP contribution in [0.15, 0.2) is 0 Å². The number of unbranched alkanes of at least 4 members (excludes halogenated alkanes) is 1. The van der Waals surface area contributed by atoms with Crippen LogP contribution in [0.4, 0.5) is 13.2 Å². The maximum Gasteiger partial charge on any atom is 0.450 e. The summed E-state index contributed by atoms with van der Waals surface area (Å²) in [4.78, 5) is 21.6. The van der Waals surface area contributed by atoms with Gasteiger partial charge in [-0.3, -0.25) is 9.59 Å². The first-order chi connectivity index (χ1) is 6.30. The van der Waals surface area contributed by atoms with E-state index in [1.165, 1.54) is 0 Å². The number of halogens is 3. The van der Waals surface area contributed by atoms with Crippen molar-refractivity contribution in [3.05, 3.63) is 0 Å². The lowest BCUT2D eigenvalue weighted by molar-refractivity contribution is -0.176. The van der Waals surface area contributed by atoms with E-state index in [4.69, 9.17) is 0 Å². The molecule has 0 aliphatic rings. The van der Waals surface area contributed by atoms with Gasteiger partial charge in [-0.15, -0.1) is 0 Å². The lowest BCUT2D eigenvalue weighted by Gasteiger charge is -2.13. The van der Waals surface area contributed by atoms with E-state index in [-0.39, 0.29) is 6.42 Å². The molecule has 1 atom stereocenters. The van der Waals surface area contributed by atoms with Gasteiger partial charge in [0.25, 0.3) is 0 Å².